The molecule has 0 saturated heterocycles. The zero-order chi connectivity index (χ0) is 11.4. The van der Waals surface area contributed by atoms with E-state index in [-0.39, 0.29) is 0 Å². The third-order valence-corrected chi connectivity index (χ3v) is 2.13. The number of carbonyl (C=O) groups is 1. The molecule has 0 aliphatic heterocycles. The van der Waals surface area contributed by atoms with Crippen LogP contribution in [0.1, 0.15) is 5.56 Å². The van der Waals surface area contributed by atoms with Gasteiger partial charge in [-0.25, -0.2) is 0 Å². The molecular weight excluding hydrogens is 214 g/mol. The van der Waals surface area contributed by atoms with Crippen LogP contribution < -0.4 is 14.8 Å². The lowest BCUT2D eigenvalue weighted by atomic mass is 10.1. The maximum Gasteiger partial charge on any atom is 0.280 e. The number of hydrogen-bond donors (Lipinski definition) is 2. The molecule has 0 radical (unpaired) electrons. The van der Waals surface area contributed by atoms with Crippen molar-refractivity contribution >= 4 is 23.6 Å². The molecule has 1 aromatic carbocycles. The largest absolute Gasteiger partial charge is 0.496 e. The lowest BCUT2D eigenvalue weighted by molar-refractivity contribution is 0.270. The Morgan fingerprint density at radius 2 is 2.00 bits per heavy atom. The van der Waals surface area contributed by atoms with Gasteiger partial charge in [-0.15, -0.1) is 0 Å². The summed E-state index contributed by atoms with van der Waals surface area (Å²) in [7, 11) is 3.12. The summed E-state index contributed by atoms with van der Waals surface area (Å²) in [6, 6.07) is 3.47. The van der Waals surface area contributed by atoms with Crippen molar-refractivity contribution in [1.82, 2.24) is 0 Å². The van der Waals surface area contributed by atoms with Gasteiger partial charge in [0.25, 0.3) is 5.24 Å². The lowest BCUT2D eigenvalue weighted by Crippen LogP contribution is -2.04. The third-order valence-electron chi connectivity index (χ3n) is 2.02. The zero-order valence-corrected chi connectivity index (χ0v) is 9.72. The summed E-state index contributed by atoms with van der Waals surface area (Å²) in [4.78, 5) is 10.8. The van der Waals surface area contributed by atoms with Crippen molar-refractivity contribution in [3.05, 3.63) is 17.7 Å². The molecule has 82 valence electrons. The summed E-state index contributed by atoms with van der Waals surface area (Å²) >= 11 is 3.64. The minimum atomic E-state index is -0.433. The Balaban J connectivity index is 3.18. The molecule has 0 aliphatic rings. The highest BCUT2D eigenvalue weighted by molar-refractivity contribution is 7.96. The van der Waals surface area contributed by atoms with Crippen LogP contribution in [0.25, 0.3) is 0 Å². The predicted molar refractivity (Wildman–Crippen MR) is 62.3 cm³/mol. The number of nitrogens with one attached hydrogen (secondary N) is 1. The predicted octanol–water partition coefficient (Wildman–Crippen LogP) is 2.47. The van der Waals surface area contributed by atoms with E-state index in [0.29, 0.717) is 17.2 Å². The van der Waals surface area contributed by atoms with E-state index in [2.05, 4.69) is 17.9 Å². The van der Waals surface area contributed by atoms with Gasteiger partial charge in [0, 0.05) is 5.56 Å². The summed E-state index contributed by atoms with van der Waals surface area (Å²) in [5, 5.41) is 2.13. The van der Waals surface area contributed by atoms with Crippen LogP contribution in [0.3, 0.4) is 0 Å². The van der Waals surface area contributed by atoms with E-state index < -0.39 is 5.24 Å². The van der Waals surface area contributed by atoms with Crippen LogP contribution in [0.4, 0.5) is 10.5 Å². The topological polar surface area (TPSA) is 47.6 Å². The van der Waals surface area contributed by atoms with Gasteiger partial charge < -0.3 is 14.8 Å². The third kappa shape index (κ3) is 2.56. The van der Waals surface area contributed by atoms with Crippen LogP contribution in [-0.2, 0) is 0 Å². The minimum absolute atomic E-state index is 0.433. The summed E-state index contributed by atoms with van der Waals surface area (Å²) in [6.45, 7) is 1.85. The highest BCUT2D eigenvalue weighted by atomic mass is 32.1. The molecule has 4 nitrogen and oxygen atoms in total. The molecule has 5 heteroatoms. The van der Waals surface area contributed by atoms with Crippen LogP contribution in [0.2, 0.25) is 0 Å². The Hall–Kier alpha value is -1.36. The molecule has 0 unspecified atom stereocenters. The molecule has 1 N–H and O–H groups in total. The number of hydrogen-bond acceptors (Lipinski definition) is 3. The van der Waals surface area contributed by atoms with Gasteiger partial charge in [0.15, 0.2) is 0 Å². The van der Waals surface area contributed by atoms with Crippen molar-refractivity contribution in [3.8, 4) is 11.5 Å². The van der Waals surface area contributed by atoms with Crippen molar-refractivity contribution in [2.45, 2.75) is 6.92 Å². The molecule has 0 atom stereocenters. The van der Waals surface area contributed by atoms with Crippen LogP contribution in [0.15, 0.2) is 12.1 Å². The van der Waals surface area contributed by atoms with E-state index in [4.69, 9.17) is 9.47 Å². The van der Waals surface area contributed by atoms with E-state index in [9.17, 15) is 4.79 Å². The fourth-order valence-electron chi connectivity index (χ4n) is 1.37. The van der Waals surface area contributed by atoms with Crippen molar-refractivity contribution in [2.75, 3.05) is 19.5 Å². The number of rotatable bonds is 3. The first-order chi connectivity index (χ1) is 7.10. The van der Waals surface area contributed by atoms with Crippen LogP contribution in [0, 0.1) is 6.92 Å². The van der Waals surface area contributed by atoms with Gasteiger partial charge in [-0.3, -0.25) is 4.79 Å². The maximum absolute atomic E-state index is 10.8. The molecule has 0 spiro atoms. The molecule has 0 fully saturated rings. The molecule has 0 bridgehead atoms. The molecule has 1 amide bonds. The number of thiol groups is 1. The summed E-state index contributed by atoms with van der Waals surface area (Å²) in [6.07, 6.45) is 0. The second kappa shape index (κ2) is 4.93. The molecule has 0 heterocycles. The van der Waals surface area contributed by atoms with Gasteiger partial charge in [-0.1, -0.05) is 12.6 Å². The van der Waals surface area contributed by atoms with Crippen molar-refractivity contribution < 1.29 is 14.3 Å². The first-order valence-electron chi connectivity index (χ1n) is 4.31. The molecule has 15 heavy (non-hydrogen) atoms. The van der Waals surface area contributed by atoms with Gasteiger partial charge in [0.05, 0.1) is 19.9 Å². The number of ether oxygens (including phenoxy) is 2. The standard InChI is InChI=1S/C10H13NO3S/c1-6-8(13-2)5-4-7(9(6)14-3)11-10(12)15/h4-5H,1-3H3,(H2,11,12,15). The van der Waals surface area contributed by atoms with Crippen molar-refractivity contribution in [2.24, 2.45) is 0 Å². The van der Waals surface area contributed by atoms with E-state index in [1.807, 2.05) is 6.92 Å². The average molecular weight is 227 g/mol. The minimum Gasteiger partial charge on any atom is -0.496 e. The number of methoxy groups -OCH3 is 2. The first kappa shape index (κ1) is 11.7. The monoisotopic (exact) mass is 227 g/mol. The van der Waals surface area contributed by atoms with E-state index in [1.54, 1.807) is 19.2 Å². The lowest BCUT2D eigenvalue weighted by Gasteiger charge is -2.13. The van der Waals surface area contributed by atoms with Gasteiger partial charge in [0.2, 0.25) is 0 Å². The van der Waals surface area contributed by atoms with E-state index in [1.165, 1.54) is 7.11 Å². The average Bonchev–Trinajstić information content (AvgIpc) is 2.18. The highest BCUT2D eigenvalue weighted by Crippen LogP contribution is 2.34. The fourth-order valence-corrected chi connectivity index (χ4v) is 1.49. The smallest absolute Gasteiger partial charge is 0.280 e. The summed E-state index contributed by atoms with van der Waals surface area (Å²) in [5.41, 5.74) is 1.41. The van der Waals surface area contributed by atoms with Crippen LogP contribution in [-0.4, -0.2) is 19.5 Å². The Kier molecular flexibility index (Phi) is 3.85. The quantitative estimate of drug-likeness (QED) is 0.780. The second-order valence-corrected chi connectivity index (χ2v) is 3.31. The van der Waals surface area contributed by atoms with E-state index in [0.717, 1.165) is 5.56 Å². The fraction of sp³-hybridized carbons (Fsp3) is 0.300. The number of amides is 1. The van der Waals surface area contributed by atoms with Crippen molar-refractivity contribution in [3.63, 3.8) is 0 Å². The number of carbonyl (C=O) groups excluding carboxylic acids is 1. The Bertz CT molecular complexity index is 379. The molecule has 1 rings (SSSR count). The molecular formula is C10H13NO3S. The van der Waals surface area contributed by atoms with E-state index >= 15 is 0 Å². The summed E-state index contributed by atoms with van der Waals surface area (Å²) < 4.78 is 10.3. The Morgan fingerprint density at radius 3 is 2.47 bits per heavy atom. The van der Waals surface area contributed by atoms with Crippen LogP contribution in [0.5, 0.6) is 11.5 Å². The van der Waals surface area contributed by atoms with Crippen molar-refractivity contribution in [1.29, 1.82) is 0 Å². The van der Waals surface area contributed by atoms with Crippen LogP contribution >= 0.6 is 12.6 Å². The normalized spacial score (nSPS) is 9.60. The van der Waals surface area contributed by atoms with Gasteiger partial charge in [-0.05, 0) is 19.1 Å². The van der Waals surface area contributed by atoms with Gasteiger partial charge in [-0.2, -0.15) is 0 Å². The number of anilines is 1. The second-order valence-electron chi connectivity index (χ2n) is 2.90. The number of benzene rings is 1. The molecule has 1 aromatic rings. The molecule has 0 aromatic heterocycles. The summed E-state index contributed by atoms with van der Waals surface area (Å²) in [5.74, 6) is 1.29. The SMILES string of the molecule is COc1ccc(NC(=O)S)c(OC)c1C. The first-order valence-corrected chi connectivity index (χ1v) is 4.76. The molecule has 0 saturated carbocycles. The molecule has 0 aliphatic carbocycles. The highest BCUT2D eigenvalue weighted by Gasteiger charge is 2.11. The zero-order valence-electron chi connectivity index (χ0n) is 8.83. The van der Waals surface area contributed by atoms with Gasteiger partial charge >= 0.3 is 0 Å². The Morgan fingerprint density at radius 1 is 1.33 bits per heavy atom. The maximum atomic E-state index is 10.8. The van der Waals surface area contributed by atoms with Gasteiger partial charge in [0.1, 0.15) is 11.5 Å². The Labute approximate surface area is 94.0 Å².